The highest BCUT2D eigenvalue weighted by Gasteiger charge is 2.43. The third-order valence-electron chi connectivity index (χ3n) is 5.21. The zero-order chi connectivity index (χ0) is 21.3. The van der Waals surface area contributed by atoms with Crippen molar-refractivity contribution in [3.05, 3.63) is 52.5 Å². The van der Waals surface area contributed by atoms with Gasteiger partial charge < -0.3 is 23.8 Å². The molecule has 0 saturated heterocycles. The van der Waals surface area contributed by atoms with E-state index in [0.29, 0.717) is 17.2 Å². The van der Waals surface area contributed by atoms with Gasteiger partial charge in [0.1, 0.15) is 0 Å². The van der Waals surface area contributed by atoms with Gasteiger partial charge in [-0.15, -0.1) is 11.3 Å². The van der Waals surface area contributed by atoms with E-state index in [0.717, 1.165) is 21.7 Å². The lowest BCUT2D eigenvalue weighted by Crippen LogP contribution is -2.38. The molecule has 9 heteroatoms. The first-order valence-electron chi connectivity index (χ1n) is 9.33. The van der Waals surface area contributed by atoms with E-state index >= 15 is 0 Å². The van der Waals surface area contributed by atoms with Crippen LogP contribution < -0.4 is 9.47 Å². The van der Waals surface area contributed by atoms with Gasteiger partial charge in [-0.1, -0.05) is 12.1 Å². The Bertz CT molecular complexity index is 1030. The Labute approximate surface area is 178 Å². The maximum absolute atomic E-state index is 13.3. The molecule has 1 atom stereocenters. The minimum atomic E-state index is -0.560. The van der Waals surface area contributed by atoms with Crippen LogP contribution in [0, 0.1) is 0 Å². The van der Waals surface area contributed by atoms with Gasteiger partial charge in [-0.3, -0.25) is 9.89 Å². The average Bonchev–Trinajstić information content (AvgIpc) is 3.50. The fourth-order valence-electron chi connectivity index (χ4n) is 3.76. The smallest absolute Gasteiger partial charge is 0.275 e. The first kappa shape index (κ1) is 20.4. The second kappa shape index (κ2) is 8.47. The van der Waals surface area contributed by atoms with Gasteiger partial charge >= 0.3 is 0 Å². The third kappa shape index (κ3) is 3.34. The first-order chi connectivity index (χ1) is 14.6. The number of nitrogens with one attached hydrogen (secondary N) is 1. The Balaban J connectivity index is 1.86. The lowest BCUT2D eigenvalue weighted by Gasteiger charge is -2.29. The monoisotopic (exact) mass is 429 g/mol. The molecule has 2 aromatic heterocycles. The molecule has 1 unspecified atom stereocenters. The van der Waals surface area contributed by atoms with E-state index in [-0.39, 0.29) is 18.5 Å². The zero-order valence-electron chi connectivity index (χ0n) is 17.2. The number of H-pyrrole nitrogens is 1. The molecule has 4 rings (SSSR count). The van der Waals surface area contributed by atoms with Gasteiger partial charge in [0.2, 0.25) is 0 Å². The van der Waals surface area contributed by atoms with Gasteiger partial charge in [0.15, 0.2) is 23.5 Å². The predicted molar refractivity (Wildman–Crippen MR) is 112 cm³/mol. The van der Waals surface area contributed by atoms with Crippen molar-refractivity contribution >= 4 is 17.2 Å². The minimum Gasteiger partial charge on any atom is -0.493 e. The van der Waals surface area contributed by atoms with E-state index in [9.17, 15) is 4.79 Å². The summed E-state index contributed by atoms with van der Waals surface area (Å²) in [4.78, 5) is 16.0. The molecule has 0 fully saturated rings. The van der Waals surface area contributed by atoms with E-state index in [2.05, 4.69) is 10.2 Å². The predicted octanol–water partition coefficient (Wildman–Crippen LogP) is 3.32. The summed E-state index contributed by atoms with van der Waals surface area (Å²) < 4.78 is 21.6. The number of hydrogen-bond acceptors (Lipinski definition) is 7. The first-order valence-corrected chi connectivity index (χ1v) is 10.2. The molecule has 0 aliphatic carbocycles. The number of nitrogens with zero attached hydrogens (tertiary/aromatic N) is 2. The number of aromatic amines is 1. The Morgan fingerprint density at radius 2 is 1.90 bits per heavy atom. The van der Waals surface area contributed by atoms with Crippen LogP contribution in [-0.4, -0.2) is 62.3 Å². The maximum Gasteiger partial charge on any atom is 0.275 e. The number of carbonyl (C=O) groups excluding carboxylic acids is 1. The van der Waals surface area contributed by atoms with Crippen LogP contribution in [0.15, 0.2) is 35.7 Å². The van der Waals surface area contributed by atoms with Gasteiger partial charge in [0.05, 0.1) is 37.4 Å². The molecule has 0 saturated carbocycles. The van der Waals surface area contributed by atoms with Crippen molar-refractivity contribution in [1.29, 1.82) is 0 Å². The molecule has 0 radical (unpaired) electrons. The summed E-state index contributed by atoms with van der Waals surface area (Å²) in [5.74, 6) is 1.03. The Morgan fingerprint density at radius 1 is 1.13 bits per heavy atom. The number of fused-ring (bicyclic) bond motifs is 1. The van der Waals surface area contributed by atoms with Crippen LogP contribution in [0.1, 0.15) is 27.7 Å². The number of aromatic nitrogens is 2. The van der Waals surface area contributed by atoms with Gasteiger partial charge in [-0.05, 0) is 29.1 Å². The van der Waals surface area contributed by atoms with Crippen molar-refractivity contribution in [2.45, 2.75) is 12.3 Å². The quantitative estimate of drug-likeness (QED) is 0.553. The second-order valence-corrected chi connectivity index (χ2v) is 7.66. The van der Waals surface area contributed by atoms with Crippen LogP contribution in [0.2, 0.25) is 0 Å². The molecule has 1 N–H and O–H groups in total. The topological polar surface area (TPSA) is 85.9 Å². The van der Waals surface area contributed by atoms with Gasteiger partial charge in [0, 0.05) is 19.8 Å². The highest BCUT2D eigenvalue weighted by molar-refractivity contribution is 7.13. The summed E-state index contributed by atoms with van der Waals surface area (Å²) in [5.41, 5.74) is 2.96. The number of amides is 1. The molecule has 3 heterocycles. The molecule has 30 heavy (non-hydrogen) atoms. The molecule has 8 nitrogen and oxygen atoms in total. The SMILES string of the molecule is COc1ccc(C2c3c(n[nH]c3-c3cccs3)C(=O)N2CC(OC)OC)cc1OC. The molecule has 3 aromatic rings. The Hall–Kier alpha value is -2.88. The summed E-state index contributed by atoms with van der Waals surface area (Å²) in [7, 11) is 6.28. The van der Waals surface area contributed by atoms with Crippen LogP contribution >= 0.6 is 11.3 Å². The van der Waals surface area contributed by atoms with Crippen molar-refractivity contribution in [1.82, 2.24) is 15.1 Å². The van der Waals surface area contributed by atoms with Crippen LogP contribution in [0.5, 0.6) is 11.5 Å². The van der Waals surface area contributed by atoms with Crippen molar-refractivity contribution in [3.63, 3.8) is 0 Å². The fourth-order valence-corrected chi connectivity index (χ4v) is 4.50. The van der Waals surface area contributed by atoms with Gasteiger partial charge in [-0.25, -0.2) is 0 Å². The highest BCUT2D eigenvalue weighted by atomic mass is 32.1. The molecule has 1 amide bonds. The minimum absolute atomic E-state index is 0.178. The largest absolute Gasteiger partial charge is 0.493 e. The molecule has 1 aliphatic heterocycles. The summed E-state index contributed by atoms with van der Waals surface area (Å²) in [6, 6.07) is 9.25. The van der Waals surface area contributed by atoms with Crippen LogP contribution in [0.25, 0.3) is 10.6 Å². The summed E-state index contributed by atoms with van der Waals surface area (Å²) in [5, 5.41) is 9.40. The molecule has 0 bridgehead atoms. The summed E-state index contributed by atoms with van der Waals surface area (Å²) in [6.07, 6.45) is -0.560. The van der Waals surface area contributed by atoms with Crippen molar-refractivity contribution < 1.29 is 23.7 Å². The molecular weight excluding hydrogens is 406 g/mol. The fraction of sp³-hybridized carbons (Fsp3) is 0.333. The molecule has 158 valence electrons. The van der Waals surface area contributed by atoms with Crippen LogP contribution in [0.4, 0.5) is 0 Å². The molecular formula is C21H23N3O5S. The molecule has 1 aromatic carbocycles. The second-order valence-electron chi connectivity index (χ2n) is 6.71. The summed E-state index contributed by atoms with van der Waals surface area (Å²) >= 11 is 1.59. The van der Waals surface area contributed by atoms with Crippen LogP contribution in [-0.2, 0) is 9.47 Å². The maximum atomic E-state index is 13.3. The number of hydrogen-bond donors (Lipinski definition) is 1. The van der Waals surface area contributed by atoms with Gasteiger partial charge in [-0.2, -0.15) is 5.10 Å². The number of ether oxygens (including phenoxy) is 4. The lowest BCUT2D eigenvalue weighted by atomic mass is 9.97. The Kier molecular flexibility index (Phi) is 5.76. The lowest BCUT2D eigenvalue weighted by molar-refractivity contribution is -0.113. The van der Waals surface area contributed by atoms with Gasteiger partial charge in [0.25, 0.3) is 5.91 Å². The summed E-state index contributed by atoms with van der Waals surface area (Å²) in [6.45, 7) is 0.255. The average molecular weight is 429 g/mol. The third-order valence-corrected chi connectivity index (χ3v) is 6.10. The number of thiophene rings is 1. The van der Waals surface area contributed by atoms with Crippen molar-refractivity contribution in [3.8, 4) is 22.1 Å². The molecule has 1 aliphatic rings. The molecule has 0 spiro atoms. The number of methoxy groups -OCH3 is 4. The number of benzene rings is 1. The van der Waals surface area contributed by atoms with Crippen molar-refractivity contribution in [2.24, 2.45) is 0 Å². The Morgan fingerprint density at radius 3 is 2.53 bits per heavy atom. The van der Waals surface area contributed by atoms with E-state index in [1.54, 1.807) is 44.7 Å². The number of carbonyl (C=O) groups is 1. The van der Waals surface area contributed by atoms with E-state index in [1.807, 2.05) is 35.7 Å². The van der Waals surface area contributed by atoms with E-state index < -0.39 is 6.29 Å². The normalized spacial score (nSPS) is 15.7. The van der Waals surface area contributed by atoms with Crippen LogP contribution in [0.3, 0.4) is 0 Å². The van der Waals surface area contributed by atoms with Crippen molar-refractivity contribution in [2.75, 3.05) is 35.0 Å². The number of rotatable bonds is 8. The zero-order valence-corrected chi connectivity index (χ0v) is 18.0. The standard InChI is InChI=1S/C21H23N3O5S/c1-26-13-8-7-12(10-14(13)27-2)20-17-18(15-6-5-9-30-15)22-23-19(17)21(25)24(20)11-16(28-3)29-4/h5-10,16,20H,11H2,1-4H3,(H,22,23). The highest BCUT2D eigenvalue weighted by Crippen LogP contribution is 2.45. The van der Waals surface area contributed by atoms with E-state index in [4.69, 9.17) is 18.9 Å². The van der Waals surface area contributed by atoms with E-state index in [1.165, 1.54) is 0 Å².